The number of anilines is 1. The van der Waals surface area contributed by atoms with Crippen molar-refractivity contribution in [2.75, 3.05) is 24.2 Å². The van der Waals surface area contributed by atoms with Gasteiger partial charge >= 0.3 is 0 Å². The number of methoxy groups -OCH3 is 1. The molecule has 0 saturated heterocycles. The van der Waals surface area contributed by atoms with E-state index in [4.69, 9.17) is 16.3 Å². The maximum absolute atomic E-state index is 12.8. The van der Waals surface area contributed by atoms with Crippen LogP contribution in [-0.2, 0) is 14.8 Å². The smallest absolute Gasteiger partial charge is 0.243 e. The summed E-state index contributed by atoms with van der Waals surface area (Å²) < 4.78 is 31.2. The molecule has 0 aromatic heterocycles. The van der Waals surface area contributed by atoms with Gasteiger partial charge in [-0.2, -0.15) is 0 Å². The van der Waals surface area contributed by atoms with Crippen molar-refractivity contribution in [2.24, 2.45) is 0 Å². The lowest BCUT2D eigenvalue weighted by molar-refractivity contribution is -0.122. The third-order valence-corrected chi connectivity index (χ3v) is 6.33. The van der Waals surface area contributed by atoms with Gasteiger partial charge in [0, 0.05) is 6.54 Å². The number of rotatable bonds is 9. The van der Waals surface area contributed by atoms with E-state index in [1.165, 1.54) is 31.6 Å². The molecule has 2 rings (SSSR count). The highest BCUT2D eigenvalue weighted by atomic mass is 35.5. The van der Waals surface area contributed by atoms with Crippen LogP contribution in [-0.4, -0.2) is 40.3 Å². The number of ether oxygens (including phenoxy) is 1. The Bertz CT molecular complexity index is 823. The molecule has 1 aromatic carbocycles. The summed E-state index contributed by atoms with van der Waals surface area (Å²) in [5, 5.41) is 3.18. The summed E-state index contributed by atoms with van der Waals surface area (Å²) in [7, 11) is -2.21. The number of hydrogen-bond acceptors (Lipinski definition) is 4. The molecular formula is C20H29ClN2O4S. The number of hydrogen-bond donors (Lipinski definition) is 1. The predicted molar refractivity (Wildman–Crippen MR) is 114 cm³/mol. The molecule has 156 valence electrons. The van der Waals surface area contributed by atoms with Crippen LogP contribution < -0.4 is 14.4 Å². The first-order valence-electron chi connectivity index (χ1n) is 9.56. The van der Waals surface area contributed by atoms with Crippen LogP contribution in [0.1, 0.15) is 45.4 Å². The Hall–Kier alpha value is -1.73. The topological polar surface area (TPSA) is 75.7 Å². The first kappa shape index (κ1) is 22.6. The van der Waals surface area contributed by atoms with Crippen LogP contribution in [0.15, 0.2) is 29.8 Å². The SMILES string of the molecule is CC[C@@H](C(=O)NCCC1=CCCCC1)N(c1ccc(OC)c(Cl)c1)S(C)(=O)=O. The first-order valence-corrected chi connectivity index (χ1v) is 11.8. The number of amides is 1. The summed E-state index contributed by atoms with van der Waals surface area (Å²) in [6, 6.07) is 3.84. The van der Waals surface area contributed by atoms with Gasteiger partial charge < -0.3 is 10.1 Å². The van der Waals surface area contributed by atoms with Gasteiger partial charge in [-0.25, -0.2) is 8.42 Å². The first-order chi connectivity index (χ1) is 13.3. The number of halogens is 1. The van der Waals surface area contributed by atoms with Gasteiger partial charge in [-0.1, -0.05) is 30.2 Å². The molecule has 1 N–H and O–H groups in total. The van der Waals surface area contributed by atoms with Gasteiger partial charge in [-0.3, -0.25) is 9.10 Å². The van der Waals surface area contributed by atoms with Gasteiger partial charge in [0.15, 0.2) is 0 Å². The van der Waals surface area contributed by atoms with E-state index >= 15 is 0 Å². The fraction of sp³-hybridized carbons (Fsp3) is 0.550. The number of sulfonamides is 1. The number of allylic oxidation sites excluding steroid dienone is 1. The molecule has 0 heterocycles. The van der Waals surface area contributed by atoms with Crippen molar-refractivity contribution in [3.05, 3.63) is 34.9 Å². The molecule has 1 aliphatic rings. The third kappa shape index (κ3) is 5.88. The Kier molecular flexibility index (Phi) is 8.19. The molecule has 8 heteroatoms. The zero-order valence-electron chi connectivity index (χ0n) is 16.7. The van der Waals surface area contributed by atoms with Crippen molar-refractivity contribution in [1.82, 2.24) is 5.32 Å². The molecule has 0 aliphatic heterocycles. The van der Waals surface area contributed by atoms with Crippen LogP contribution in [0.4, 0.5) is 5.69 Å². The van der Waals surface area contributed by atoms with E-state index < -0.39 is 16.1 Å². The summed E-state index contributed by atoms with van der Waals surface area (Å²) in [5.74, 6) is 0.133. The largest absolute Gasteiger partial charge is 0.495 e. The molecule has 1 atom stereocenters. The van der Waals surface area contributed by atoms with Crippen LogP contribution in [0, 0.1) is 0 Å². The Morgan fingerprint density at radius 3 is 2.64 bits per heavy atom. The maximum atomic E-state index is 12.8. The molecule has 28 heavy (non-hydrogen) atoms. The lowest BCUT2D eigenvalue weighted by Crippen LogP contribution is -2.49. The van der Waals surface area contributed by atoms with Crippen molar-refractivity contribution in [1.29, 1.82) is 0 Å². The summed E-state index contributed by atoms with van der Waals surface area (Å²) in [4.78, 5) is 12.8. The van der Waals surface area contributed by atoms with E-state index in [9.17, 15) is 13.2 Å². The van der Waals surface area contributed by atoms with Gasteiger partial charge in [0.05, 0.1) is 24.1 Å². The van der Waals surface area contributed by atoms with Crippen LogP contribution in [0.25, 0.3) is 0 Å². The molecule has 1 aromatic rings. The monoisotopic (exact) mass is 428 g/mol. The van der Waals surface area contributed by atoms with Gasteiger partial charge in [0.1, 0.15) is 11.8 Å². The maximum Gasteiger partial charge on any atom is 0.243 e. The molecule has 0 bridgehead atoms. The Balaban J connectivity index is 2.16. The molecule has 0 radical (unpaired) electrons. The third-order valence-electron chi connectivity index (χ3n) is 4.85. The van der Waals surface area contributed by atoms with Crippen LogP contribution >= 0.6 is 11.6 Å². The van der Waals surface area contributed by atoms with E-state index in [2.05, 4.69) is 11.4 Å². The van der Waals surface area contributed by atoms with Gasteiger partial charge in [-0.05, 0) is 56.7 Å². The average Bonchev–Trinajstić information content (AvgIpc) is 2.65. The van der Waals surface area contributed by atoms with Gasteiger partial charge in [-0.15, -0.1) is 0 Å². The number of carbonyl (C=O) groups is 1. The second-order valence-corrected chi connectivity index (χ2v) is 9.22. The zero-order valence-corrected chi connectivity index (χ0v) is 18.3. The van der Waals surface area contributed by atoms with E-state index in [0.717, 1.165) is 29.8 Å². The standard InChI is InChI=1S/C20H29ClN2O4S/c1-4-18(20(24)22-13-12-15-8-6-5-7-9-15)23(28(3,25)26)16-10-11-19(27-2)17(21)14-16/h8,10-11,14,18H,4-7,9,12-13H2,1-3H3,(H,22,24)/t18-/m0/s1. The Morgan fingerprint density at radius 1 is 1.36 bits per heavy atom. The van der Waals surface area contributed by atoms with Crippen molar-refractivity contribution in [2.45, 2.75) is 51.5 Å². The number of nitrogens with one attached hydrogen (secondary N) is 1. The van der Waals surface area contributed by atoms with Crippen LogP contribution in [0.5, 0.6) is 5.75 Å². The molecular weight excluding hydrogens is 400 g/mol. The molecule has 0 fully saturated rings. The highest BCUT2D eigenvalue weighted by molar-refractivity contribution is 7.92. The Labute approximate surface area is 172 Å². The summed E-state index contributed by atoms with van der Waals surface area (Å²) in [6.07, 6.45) is 9.07. The predicted octanol–water partition coefficient (Wildman–Crippen LogP) is 3.90. The van der Waals surface area contributed by atoms with Gasteiger partial charge in [0.25, 0.3) is 0 Å². The minimum atomic E-state index is -3.69. The van der Waals surface area contributed by atoms with Crippen molar-refractivity contribution >= 4 is 33.2 Å². The average molecular weight is 429 g/mol. The normalized spacial score (nSPS) is 15.5. The Morgan fingerprint density at radius 2 is 2.11 bits per heavy atom. The summed E-state index contributed by atoms with van der Waals surface area (Å²) >= 11 is 6.17. The van der Waals surface area contributed by atoms with E-state index in [-0.39, 0.29) is 10.9 Å². The number of carbonyl (C=O) groups excluding carboxylic acids is 1. The van der Waals surface area contributed by atoms with Crippen LogP contribution in [0.3, 0.4) is 0 Å². The minimum absolute atomic E-state index is 0.285. The second-order valence-electron chi connectivity index (χ2n) is 6.95. The number of nitrogens with zero attached hydrogens (tertiary/aromatic N) is 1. The van der Waals surface area contributed by atoms with Gasteiger partial charge in [0.2, 0.25) is 15.9 Å². The quantitative estimate of drug-likeness (QED) is 0.605. The van der Waals surface area contributed by atoms with Crippen molar-refractivity contribution < 1.29 is 17.9 Å². The lowest BCUT2D eigenvalue weighted by atomic mass is 9.97. The fourth-order valence-corrected chi connectivity index (χ4v) is 4.90. The number of benzene rings is 1. The molecule has 1 amide bonds. The summed E-state index contributed by atoms with van der Waals surface area (Å²) in [5.41, 5.74) is 1.70. The zero-order chi connectivity index (χ0) is 20.7. The molecule has 6 nitrogen and oxygen atoms in total. The second kappa shape index (κ2) is 10.2. The molecule has 0 saturated carbocycles. The van der Waals surface area contributed by atoms with E-state index in [1.54, 1.807) is 19.1 Å². The highest BCUT2D eigenvalue weighted by Gasteiger charge is 2.31. The van der Waals surface area contributed by atoms with Crippen molar-refractivity contribution in [3.8, 4) is 5.75 Å². The molecule has 1 aliphatic carbocycles. The fourth-order valence-electron chi connectivity index (χ4n) is 3.45. The van der Waals surface area contributed by atoms with Crippen LogP contribution in [0.2, 0.25) is 5.02 Å². The van der Waals surface area contributed by atoms with E-state index in [0.29, 0.717) is 24.4 Å². The molecule has 0 unspecified atom stereocenters. The molecule has 0 spiro atoms. The highest BCUT2D eigenvalue weighted by Crippen LogP contribution is 2.31. The summed E-state index contributed by atoms with van der Waals surface area (Å²) in [6.45, 7) is 2.29. The van der Waals surface area contributed by atoms with Crippen molar-refractivity contribution in [3.63, 3.8) is 0 Å². The minimum Gasteiger partial charge on any atom is -0.495 e. The lowest BCUT2D eigenvalue weighted by Gasteiger charge is -2.30. The van der Waals surface area contributed by atoms with E-state index in [1.807, 2.05) is 0 Å².